The van der Waals surface area contributed by atoms with Crippen molar-refractivity contribution in [3.8, 4) is 61.3 Å². The highest BCUT2D eigenvalue weighted by Crippen LogP contribution is 2.65. The fraction of sp³-hybridized carbons (Fsp3) is 0.0833. The maximum atomic E-state index is 2.46. The Kier molecular flexibility index (Phi) is 9.09. The van der Waals surface area contributed by atoms with Crippen molar-refractivity contribution in [1.29, 1.82) is 0 Å². The summed E-state index contributed by atoms with van der Waals surface area (Å²) in [6.45, 7) is 9.21. The first-order valence-electron chi connectivity index (χ1n) is 26.1. The summed E-state index contributed by atoms with van der Waals surface area (Å²) in [6, 6.07) is 91.3. The van der Waals surface area contributed by atoms with Crippen molar-refractivity contribution in [3.05, 3.63) is 287 Å². The van der Waals surface area contributed by atoms with E-state index >= 15 is 0 Å². The maximum absolute atomic E-state index is 2.46. The highest BCUT2D eigenvalue weighted by Gasteiger charge is 2.53. The zero-order valence-electron chi connectivity index (χ0n) is 42.0. The van der Waals surface area contributed by atoms with Gasteiger partial charge in [-0.05, 0) is 164 Å². The normalized spacial score (nSPS) is 13.9. The van der Waals surface area contributed by atoms with Crippen molar-refractivity contribution in [3.63, 3.8) is 0 Å². The van der Waals surface area contributed by atoms with Crippen LogP contribution >= 0.6 is 0 Å². The molecular formula is C72H52N2. The molecule has 1 heterocycles. The number of hydrogen-bond donors (Lipinski definition) is 0. The molecule has 0 N–H and O–H groups in total. The summed E-state index contributed by atoms with van der Waals surface area (Å²) in [6.07, 6.45) is 0. The van der Waals surface area contributed by atoms with Crippen molar-refractivity contribution in [2.75, 3.05) is 4.90 Å². The van der Waals surface area contributed by atoms with Crippen LogP contribution in [0.3, 0.4) is 0 Å². The van der Waals surface area contributed by atoms with Gasteiger partial charge in [0.05, 0.1) is 16.4 Å². The average Bonchev–Trinajstić information content (AvgIpc) is 4.27. The molecule has 74 heavy (non-hydrogen) atoms. The van der Waals surface area contributed by atoms with Gasteiger partial charge in [-0.2, -0.15) is 0 Å². The van der Waals surface area contributed by atoms with Crippen LogP contribution < -0.4 is 4.90 Å². The van der Waals surface area contributed by atoms with E-state index in [-0.39, 0.29) is 5.41 Å². The van der Waals surface area contributed by atoms with Crippen LogP contribution in [0.4, 0.5) is 17.1 Å². The van der Waals surface area contributed by atoms with Gasteiger partial charge in [-0.1, -0.05) is 207 Å². The Morgan fingerprint density at radius 1 is 0.324 bits per heavy atom. The van der Waals surface area contributed by atoms with E-state index in [0.717, 1.165) is 22.7 Å². The summed E-state index contributed by atoms with van der Waals surface area (Å²) in [5.74, 6) is 0. The van der Waals surface area contributed by atoms with E-state index in [1.54, 1.807) is 0 Å². The summed E-state index contributed by atoms with van der Waals surface area (Å²) in [5, 5.41) is 2.54. The summed E-state index contributed by atoms with van der Waals surface area (Å²) >= 11 is 0. The van der Waals surface area contributed by atoms with E-state index in [4.69, 9.17) is 0 Å². The molecule has 3 aliphatic rings. The van der Waals surface area contributed by atoms with Gasteiger partial charge >= 0.3 is 0 Å². The third-order valence-electron chi connectivity index (χ3n) is 16.9. The Morgan fingerprint density at radius 3 is 1.39 bits per heavy atom. The first-order chi connectivity index (χ1) is 36.3. The highest BCUT2D eigenvalue weighted by atomic mass is 15.1. The molecule has 15 rings (SSSR count). The lowest BCUT2D eigenvalue weighted by Gasteiger charge is -2.33. The smallest absolute Gasteiger partial charge is 0.0731 e. The molecule has 1 aromatic heterocycles. The summed E-state index contributed by atoms with van der Waals surface area (Å²) in [7, 11) is 0. The van der Waals surface area contributed by atoms with Gasteiger partial charge in [0, 0.05) is 38.9 Å². The van der Waals surface area contributed by atoms with Crippen LogP contribution in [-0.2, 0) is 10.8 Å². The molecule has 0 amide bonds. The number of para-hydroxylation sites is 2. The number of aromatic nitrogens is 1. The quantitative estimate of drug-likeness (QED) is 0.161. The number of anilines is 3. The van der Waals surface area contributed by atoms with E-state index in [9.17, 15) is 0 Å². The number of aryl methyl sites for hydroxylation is 2. The van der Waals surface area contributed by atoms with Gasteiger partial charge in [0.25, 0.3) is 0 Å². The van der Waals surface area contributed by atoms with Crippen molar-refractivity contribution < 1.29 is 0 Å². The lowest BCUT2D eigenvalue weighted by atomic mass is 9.68. The van der Waals surface area contributed by atoms with Crippen LogP contribution in [-0.4, -0.2) is 4.57 Å². The van der Waals surface area contributed by atoms with Crippen molar-refractivity contribution in [2.24, 2.45) is 0 Å². The van der Waals surface area contributed by atoms with Gasteiger partial charge in [0.2, 0.25) is 0 Å². The molecule has 350 valence electrons. The summed E-state index contributed by atoms with van der Waals surface area (Å²) < 4.78 is 2.38. The lowest BCUT2D eigenvalue weighted by molar-refractivity contribution is 0.660. The van der Waals surface area contributed by atoms with Gasteiger partial charge in [-0.25, -0.2) is 0 Å². The van der Waals surface area contributed by atoms with E-state index in [2.05, 4.69) is 280 Å². The number of fused-ring (bicyclic) bond motifs is 16. The number of benzene rings is 11. The monoisotopic (exact) mass is 944 g/mol. The third-order valence-corrected chi connectivity index (χ3v) is 16.9. The van der Waals surface area contributed by atoms with Crippen molar-refractivity contribution >= 4 is 38.9 Å². The van der Waals surface area contributed by atoms with Crippen LogP contribution in [0.25, 0.3) is 83.1 Å². The molecule has 11 aromatic carbocycles. The predicted octanol–water partition coefficient (Wildman–Crippen LogP) is 18.9. The van der Waals surface area contributed by atoms with Gasteiger partial charge < -0.3 is 9.47 Å². The van der Waals surface area contributed by atoms with Gasteiger partial charge in [0.15, 0.2) is 0 Å². The predicted molar refractivity (Wildman–Crippen MR) is 310 cm³/mol. The number of rotatable bonds is 6. The van der Waals surface area contributed by atoms with E-state index in [1.807, 2.05) is 0 Å². The Morgan fingerprint density at radius 2 is 0.770 bits per heavy atom. The number of hydrogen-bond acceptors (Lipinski definition) is 1. The minimum absolute atomic E-state index is 0.136. The average molecular weight is 945 g/mol. The minimum Gasteiger partial charge on any atom is -0.310 e. The zero-order chi connectivity index (χ0) is 49.5. The summed E-state index contributed by atoms with van der Waals surface area (Å²) in [5.41, 5.74) is 29.9. The second kappa shape index (κ2) is 15.8. The SMILES string of the molecule is Cc1ccc2c(c1)C1(c3cc(C)ccc3-2)c2ccccc2-c2cccc(-c3ccc(N(c4ccc(-c5ccc(-n6c7ccccc7c7ccccc76)cc5)cc4)c4ccc5c(c4)C(C)(C)c4ccccc4-5)cc3)c21. The first kappa shape index (κ1) is 42.7. The number of nitrogens with zero attached hydrogens (tertiary/aromatic N) is 2. The fourth-order valence-electron chi connectivity index (χ4n) is 13.6. The molecule has 0 radical (unpaired) electrons. The molecular weight excluding hydrogens is 893 g/mol. The molecule has 2 heteroatoms. The van der Waals surface area contributed by atoms with Crippen LogP contribution in [0.1, 0.15) is 58.4 Å². The van der Waals surface area contributed by atoms with Gasteiger partial charge in [-0.15, -0.1) is 0 Å². The second-order valence-electron chi connectivity index (χ2n) is 21.4. The molecule has 0 saturated carbocycles. The molecule has 0 unspecified atom stereocenters. The summed E-state index contributed by atoms with van der Waals surface area (Å²) in [4.78, 5) is 2.44. The molecule has 2 nitrogen and oxygen atoms in total. The van der Waals surface area contributed by atoms with E-state index in [1.165, 1.54) is 122 Å². The highest BCUT2D eigenvalue weighted by molar-refractivity contribution is 6.09. The minimum atomic E-state index is -0.447. The lowest BCUT2D eigenvalue weighted by Crippen LogP contribution is -2.27. The van der Waals surface area contributed by atoms with E-state index < -0.39 is 5.41 Å². The standard InChI is InChI=1S/C72H52N2/c1-45-24-39-58-59-40-25-46(2)43-67(59)72(66(58)42-45)64-21-10-6-15-56(64)62-19-13-18-54(70(62)72)49-30-36-51(37-31-49)73(53-38-41-57-55-14-5-9-20-63(55)71(3,4)65(57)44-53)50-32-26-47(27-33-50)48-28-34-52(35-29-48)74-68-22-11-7-16-60(68)61-17-8-12-23-69(61)74/h5-44H,1-4H3. The molecule has 3 aliphatic carbocycles. The molecule has 0 aliphatic heterocycles. The molecule has 0 fully saturated rings. The first-order valence-corrected chi connectivity index (χ1v) is 26.1. The largest absolute Gasteiger partial charge is 0.310 e. The topological polar surface area (TPSA) is 8.17 Å². The molecule has 0 saturated heterocycles. The molecule has 1 spiro atoms. The zero-order valence-corrected chi connectivity index (χ0v) is 42.0. The Labute approximate surface area is 433 Å². The molecule has 0 bridgehead atoms. The Hall–Kier alpha value is -8.98. The molecule has 12 aromatic rings. The van der Waals surface area contributed by atoms with Crippen LogP contribution in [0.5, 0.6) is 0 Å². The van der Waals surface area contributed by atoms with E-state index in [0.29, 0.717) is 0 Å². The van der Waals surface area contributed by atoms with Gasteiger partial charge in [-0.3, -0.25) is 0 Å². The Balaban J connectivity index is 0.849. The third kappa shape index (κ3) is 5.94. The van der Waals surface area contributed by atoms with Crippen LogP contribution in [0.2, 0.25) is 0 Å². The van der Waals surface area contributed by atoms with Crippen LogP contribution in [0.15, 0.2) is 243 Å². The van der Waals surface area contributed by atoms with Crippen molar-refractivity contribution in [1.82, 2.24) is 4.57 Å². The maximum Gasteiger partial charge on any atom is 0.0731 e. The Bertz CT molecular complexity index is 4180. The van der Waals surface area contributed by atoms with Crippen molar-refractivity contribution in [2.45, 2.75) is 38.5 Å². The fourth-order valence-corrected chi connectivity index (χ4v) is 13.6. The second-order valence-corrected chi connectivity index (χ2v) is 21.4. The molecule has 0 atom stereocenters. The van der Waals surface area contributed by atoms with Gasteiger partial charge in [0.1, 0.15) is 0 Å². The van der Waals surface area contributed by atoms with Crippen LogP contribution in [0, 0.1) is 13.8 Å².